The second-order valence-electron chi connectivity index (χ2n) is 7.95. The number of hydrogen-bond acceptors (Lipinski definition) is 4. The molecule has 5 rings (SSSR count). The molecule has 0 fully saturated rings. The molecule has 2 aromatic carbocycles. The van der Waals surface area contributed by atoms with Crippen LogP contribution < -0.4 is 0 Å². The smallest absolute Gasteiger partial charge is 0.273 e. The minimum absolute atomic E-state index is 0.115. The maximum absolute atomic E-state index is 13.4. The van der Waals surface area contributed by atoms with Gasteiger partial charge in [-0.3, -0.25) is 14.9 Å². The van der Waals surface area contributed by atoms with Gasteiger partial charge in [-0.15, -0.1) is 0 Å². The van der Waals surface area contributed by atoms with Crippen LogP contribution in [-0.4, -0.2) is 31.1 Å². The van der Waals surface area contributed by atoms with Gasteiger partial charge >= 0.3 is 0 Å². The van der Waals surface area contributed by atoms with Crippen LogP contribution in [0.2, 0.25) is 0 Å². The number of aromatic hydroxyl groups is 1. The maximum Gasteiger partial charge on any atom is 0.273 e. The van der Waals surface area contributed by atoms with Gasteiger partial charge in [0.2, 0.25) is 0 Å². The highest BCUT2D eigenvalue weighted by molar-refractivity contribution is 6.00. The van der Waals surface area contributed by atoms with E-state index in [-0.39, 0.29) is 17.7 Å². The minimum atomic E-state index is -0.321. The third kappa shape index (κ3) is 3.17. The molecule has 4 aromatic rings. The zero-order valence-electron chi connectivity index (χ0n) is 17.3. The first kappa shape index (κ1) is 19.1. The number of phenols is 1. The van der Waals surface area contributed by atoms with Crippen molar-refractivity contribution in [2.24, 2.45) is 0 Å². The lowest BCUT2D eigenvalue weighted by Crippen LogP contribution is -2.29. The summed E-state index contributed by atoms with van der Waals surface area (Å²) in [6.45, 7) is 4.28. The Hall–Kier alpha value is -3.93. The van der Waals surface area contributed by atoms with Gasteiger partial charge in [-0.2, -0.15) is 5.10 Å². The number of benzene rings is 2. The maximum atomic E-state index is 13.4. The number of carbonyl (C=O) groups excluding carboxylic acids is 1. The molecular formula is C25H22N4O2. The number of fused-ring (bicyclic) bond motifs is 1. The molecule has 1 aliphatic rings. The average Bonchev–Trinajstić information content (AvgIpc) is 3.31. The van der Waals surface area contributed by atoms with E-state index in [9.17, 15) is 9.90 Å². The molecule has 0 bridgehead atoms. The molecule has 0 saturated heterocycles. The van der Waals surface area contributed by atoms with Crippen molar-refractivity contribution in [3.05, 3.63) is 101 Å². The van der Waals surface area contributed by atoms with Gasteiger partial charge in [0.15, 0.2) is 0 Å². The Bertz CT molecular complexity index is 1270. The second kappa shape index (κ2) is 7.40. The number of pyridine rings is 1. The summed E-state index contributed by atoms with van der Waals surface area (Å²) in [6.07, 6.45) is 3.49. The van der Waals surface area contributed by atoms with Crippen molar-refractivity contribution >= 4 is 5.91 Å². The van der Waals surface area contributed by atoms with E-state index in [2.05, 4.69) is 15.2 Å². The van der Waals surface area contributed by atoms with Crippen LogP contribution >= 0.6 is 0 Å². The van der Waals surface area contributed by atoms with E-state index in [0.717, 1.165) is 27.8 Å². The fourth-order valence-electron chi connectivity index (χ4n) is 4.38. The summed E-state index contributed by atoms with van der Waals surface area (Å²) in [6, 6.07) is 17.3. The van der Waals surface area contributed by atoms with Gasteiger partial charge in [-0.05, 0) is 48.2 Å². The Morgan fingerprint density at radius 2 is 1.90 bits per heavy atom. The predicted octanol–water partition coefficient (Wildman–Crippen LogP) is 4.54. The van der Waals surface area contributed by atoms with E-state index in [4.69, 9.17) is 0 Å². The fourth-order valence-corrected chi connectivity index (χ4v) is 4.38. The Balaban J connectivity index is 1.69. The highest BCUT2D eigenvalue weighted by atomic mass is 16.3. The Morgan fingerprint density at radius 3 is 2.65 bits per heavy atom. The van der Waals surface area contributed by atoms with E-state index in [0.29, 0.717) is 23.5 Å². The molecule has 2 aromatic heterocycles. The number of aromatic nitrogens is 3. The molecule has 6 heteroatoms. The zero-order chi connectivity index (χ0) is 21.5. The largest absolute Gasteiger partial charge is 0.507 e. The minimum Gasteiger partial charge on any atom is -0.507 e. The molecule has 0 aliphatic carbocycles. The third-order valence-electron chi connectivity index (χ3n) is 5.75. The first-order valence-corrected chi connectivity index (χ1v) is 10.2. The van der Waals surface area contributed by atoms with Crippen LogP contribution in [0.5, 0.6) is 5.75 Å². The van der Waals surface area contributed by atoms with E-state index in [1.165, 1.54) is 0 Å². The van der Waals surface area contributed by atoms with Crippen LogP contribution in [0.25, 0.3) is 11.3 Å². The van der Waals surface area contributed by atoms with E-state index < -0.39 is 0 Å². The summed E-state index contributed by atoms with van der Waals surface area (Å²) >= 11 is 0. The van der Waals surface area contributed by atoms with Gasteiger partial charge in [0.05, 0.1) is 6.04 Å². The van der Waals surface area contributed by atoms with Crippen LogP contribution in [0.4, 0.5) is 0 Å². The number of phenolic OH excluding ortho intramolecular Hbond substituents is 1. The summed E-state index contributed by atoms with van der Waals surface area (Å²) in [5.74, 6) is 0.0696. The fraction of sp³-hybridized carbons (Fsp3) is 0.160. The van der Waals surface area contributed by atoms with E-state index in [1.54, 1.807) is 12.4 Å². The van der Waals surface area contributed by atoms with Gasteiger partial charge in [-0.1, -0.05) is 42.5 Å². The molecule has 3 heterocycles. The number of H-pyrrole nitrogens is 1. The van der Waals surface area contributed by atoms with Gasteiger partial charge in [0, 0.05) is 30.1 Å². The van der Waals surface area contributed by atoms with Crippen molar-refractivity contribution in [2.75, 3.05) is 0 Å². The normalized spacial score (nSPS) is 15.4. The number of nitrogens with zero attached hydrogens (tertiary/aromatic N) is 3. The van der Waals surface area contributed by atoms with E-state index in [1.807, 2.05) is 73.3 Å². The van der Waals surface area contributed by atoms with Crippen LogP contribution in [0.1, 0.15) is 44.3 Å². The standard InChI is InChI=1S/C25H22N4O2/c1-15-11-16(2)24(30)19(12-15)21-20-22(28-27-21)25(31)29(14-17-7-6-10-26-13-17)23(20)18-8-4-3-5-9-18/h3-13,23,30H,14H2,1-2H3,(H,27,28)/t23-/m0/s1. The lowest BCUT2D eigenvalue weighted by Gasteiger charge is -2.26. The Kier molecular flexibility index (Phi) is 4.55. The van der Waals surface area contributed by atoms with Gasteiger partial charge in [0.25, 0.3) is 5.91 Å². The van der Waals surface area contributed by atoms with Crippen molar-refractivity contribution in [1.29, 1.82) is 0 Å². The lowest BCUT2D eigenvalue weighted by molar-refractivity contribution is 0.0730. The van der Waals surface area contributed by atoms with Crippen molar-refractivity contribution < 1.29 is 9.90 Å². The third-order valence-corrected chi connectivity index (χ3v) is 5.75. The van der Waals surface area contributed by atoms with Gasteiger partial charge < -0.3 is 10.0 Å². The molecule has 0 unspecified atom stereocenters. The van der Waals surface area contributed by atoms with Crippen molar-refractivity contribution in [2.45, 2.75) is 26.4 Å². The molecule has 0 saturated carbocycles. The number of carbonyl (C=O) groups is 1. The molecule has 154 valence electrons. The van der Waals surface area contributed by atoms with Crippen LogP contribution in [-0.2, 0) is 6.54 Å². The van der Waals surface area contributed by atoms with Crippen LogP contribution in [0.3, 0.4) is 0 Å². The van der Waals surface area contributed by atoms with Gasteiger partial charge in [0.1, 0.15) is 17.1 Å². The molecule has 0 spiro atoms. The number of hydrogen-bond donors (Lipinski definition) is 2. The van der Waals surface area contributed by atoms with Crippen LogP contribution in [0, 0.1) is 13.8 Å². The van der Waals surface area contributed by atoms with Crippen molar-refractivity contribution in [1.82, 2.24) is 20.1 Å². The summed E-state index contributed by atoms with van der Waals surface area (Å²) in [5.41, 5.74) is 6.24. The number of rotatable bonds is 4. The summed E-state index contributed by atoms with van der Waals surface area (Å²) < 4.78 is 0. The highest BCUT2D eigenvalue weighted by Crippen LogP contribution is 2.45. The monoisotopic (exact) mass is 410 g/mol. The summed E-state index contributed by atoms with van der Waals surface area (Å²) in [7, 11) is 0. The number of amides is 1. The number of aromatic amines is 1. The quantitative estimate of drug-likeness (QED) is 0.517. The molecule has 6 nitrogen and oxygen atoms in total. The summed E-state index contributed by atoms with van der Waals surface area (Å²) in [5, 5.41) is 18.2. The van der Waals surface area contributed by atoms with Crippen LogP contribution in [0.15, 0.2) is 67.0 Å². The number of aryl methyl sites for hydroxylation is 2. The lowest BCUT2D eigenvalue weighted by atomic mass is 9.94. The number of nitrogens with one attached hydrogen (secondary N) is 1. The molecule has 1 aliphatic heterocycles. The molecule has 1 amide bonds. The van der Waals surface area contributed by atoms with Crippen molar-refractivity contribution in [3.8, 4) is 17.0 Å². The second-order valence-corrected chi connectivity index (χ2v) is 7.95. The summed E-state index contributed by atoms with van der Waals surface area (Å²) in [4.78, 5) is 19.4. The molecule has 1 atom stereocenters. The molecule has 0 radical (unpaired) electrons. The Labute approximate surface area is 180 Å². The first-order chi connectivity index (χ1) is 15.0. The average molecular weight is 410 g/mol. The highest BCUT2D eigenvalue weighted by Gasteiger charge is 2.42. The molecule has 2 N–H and O–H groups in total. The molecular weight excluding hydrogens is 388 g/mol. The van der Waals surface area contributed by atoms with E-state index >= 15 is 0 Å². The topological polar surface area (TPSA) is 82.1 Å². The SMILES string of the molecule is Cc1cc(C)c(O)c(-c2n[nH]c3c2[C@H](c2ccccc2)N(Cc2cccnc2)C3=O)c1. The molecule has 31 heavy (non-hydrogen) atoms. The Morgan fingerprint density at radius 1 is 1.10 bits per heavy atom. The van der Waals surface area contributed by atoms with Crippen molar-refractivity contribution in [3.63, 3.8) is 0 Å². The zero-order valence-corrected chi connectivity index (χ0v) is 17.3. The first-order valence-electron chi connectivity index (χ1n) is 10.2. The predicted molar refractivity (Wildman–Crippen MR) is 118 cm³/mol. The van der Waals surface area contributed by atoms with Gasteiger partial charge in [-0.25, -0.2) is 0 Å².